The third kappa shape index (κ3) is 11.4. The van der Waals surface area contributed by atoms with Crippen LogP contribution >= 0.6 is 0 Å². The SMILES string of the molecule is CC(=O)N(C[C@H]1CN(c2ccc(C3CCS(=O)(=O)CC3)c(F)c2)C(=O)O1)C(=O)OCOC(=O)[C@H](CC(C)C)NCC(=O)OC(C)(C)C. The first kappa shape index (κ1) is 37.7. The molecule has 14 nitrogen and oxygen atoms in total. The molecule has 2 aliphatic heterocycles. The number of nitrogens with one attached hydrogen (secondary N) is 1. The smallest absolute Gasteiger partial charge is 0.419 e. The maximum absolute atomic E-state index is 15.0. The summed E-state index contributed by atoms with van der Waals surface area (Å²) in [5.41, 5.74) is -0.136. The van der Waals surface area contributed by atoms with E-state index in [0.29, 0.717) is 29.7 Å². The van der Waals surface area contributed by atoms with E-state index in [0.717, 1.165) is 11.8 Å². The average molecular weight is 686 g/mol. The molecule has 1 aromatic rings. The van der Waals surface area contributed by atoms with Crippen molar-refractivity contribution in [3.05, 3.63) is 29.6 Å². The van der Waals surface area contributed by atoms with Crippen LogP contribution in [-0.4, -0.2) is 99.0 Å². The molecular formula is C31H44FN3O11S. The lowest BCUT2D eigenvalue weighted by atomic mass is 9.93. The predicted octanol–water partition coefficient (Wildman–Crippen LogP) is 3.27. The van der Waals surface area contributed by atoms with Crippen LogP contribution in [0.4, 0.5) is 19.7 Å². The molecule has 0 unspecified atom stereocenters. The van der Waals surface area contributed by atoms with Gasteiger partial charge < -0.3 is 18.9 Å². The van der Waals surface area contributed by atoms with Crippen LogP contribution in [0.2, 0.25) is 0 Å². The van der Waals surface area contributed by atoms with Crippen LogP contribution in [0, 0.1) is 11.7 Å². The van der Waals surface area contributed by atoms with Gasteiger partial charge in [-0.2, -0.15) is 0 Å². The fraction of sp³-hybridized carbons (Fsp3) is 0.645. The van der Waals surface area contributed by atoms with Gasteiger partial charge in [0.2, 0.25) is 12.7 Å². The monoisotopic (exact) mass is 685 g/mol. The van der Waals surface area contributed by atoms with Crippen molar-refractivity contribution in [2.75, 3.05) is 42.8 Å². The van der Waals surface area contributed by atoms with Crippen molar-refractivity contribution < 1.29 is 55.7 Å². The van der Waals surface area contributed by atoms with Crippen molar-refractivity contribution in [2.45, 2.75) is 84.5 Å². The number of hydrogen-bond donors (Lipinski definition) is 1. The topological polar surface area (TPSA) is 175 Å². The minimum atomic E-state index is -3.11. The highest BCUT2D eigenvalue weighted by Crippen LogP contribution is 2.33. The number of hydrogen-bond acceptors (Lipinski definition) is 12. The molecule has 0 saturated carbocycles. The summed E-state index contributed by atoms with van der Waals surface area (Å²) >= 11 is 0. The Balaban J connectivity index is 1.54. The molecule has 2 fully saturated rings. The van der Waals surface area contributed by atoms with Gasteiger partial charge in [-0.05, 0) is 69.6 Å². The number of ether oxygens (including phenoxy) is 4. The average Bonchev–Trinajstić information content (AvgIpc) is 3.32. The molecule has 1 N–H and O–H groups in total. The fourth-order valence-electron chi connectivity index (χ4n) is 5.21. The van der Waals surface area contributed by atoms with Gasteiger partial charge in [-0.15, -0.1) is 0 Å². The van der Waals surface area contributed by atoms with E-state index >= 15 is 4.39 Å². The van der Waals surface area contributed by atoms with Gasteiger partial charge in [0.1, 0.15) is 33.4 Å². The van der Waals surface area contributed by atoms with Gasteiger partial charge in [0.15, 0.2) is 0 Å². The van der Waals surface area contributed by atoms with Gasteiger partial charge >= 0.3 is 24.1 Å². The largest absolute Gasteiger partial charge is 0.459 e. The van der Waals surface area contributed by atoms with E-state index in [1.54, 1.807) is 20.8 Å². The van der Waals surface area contributed by atoms with Crippen LogP contribution in [0.3, 0.4) is 0 Å². The molecule has 0 radical (unpaired) electrons. The van der Waals surface area contributed by atoms with Gasteiger partial charge in [-0.3, -0.25) is 24.6 Å². The molecule has 2 heterocycles. The summed E-state index contributed by atoms with van der Waals surface area (Å²) in [6, 6.07) is 3.33. The molecule has 47 heavy (non-hydrogen) atoms. The van der Waals surface area contributed by atoms with E-state index in [2.05, 4.69) is 5.32 Å². The first-order valence-corrected chi connectivity index (χ1v) is 17.2. The fourth-order valence-corrected chi connectivity index (χ4v) is 6.71. The number of nitrogens with zero attached hydrogens (tertiary/aromatic N) is 2. The minimum Gasteiger partial charge on any atom is -0.459 e. The third-order valence-corrected chi connectivity index (χ3v) is 9.15. The number of anilines is 1. The minimum absolute atomic E-state index is 0.0117. The number of cyclic esters (lactones) is 1. The Hall–Kier alpha value is -3.79. The molecule has 262 valence electrons. The van der Waals surface area contributed by atoms with Gasteiger partial charge in [-0.25, -0.2) is 27.3 Å². The first-order chi connectivity index (χ1) is 21.8. The first-order valence-electron chi connectivity index (χ1n) is 15.4. The molecule has 0 spiro atoms. The number of sulfone groups is 1. The van der Waals surface area contributed by atoms with E-state index < -0.39 is 70.2 Å². The standard InChI is InChI=1S/C31H44FN3O11S/c1-19(2)13-26(33-15-27(37)46-31(4,5)6)28(38)43-18-44-29(39)34(20(3)36)16-23-17-35(30(40)45-23)22-7-8-24(25(32)14-22)21-9-11-47(41,42)12-10-21/h7-8,14,19,21,23,26,33H,9-13,15-18H2,1-6H3/t23-,26-/m0/s1. The quantitative estimate of drug-likeness (QED) is 0.193. The van der Waals surface area contributed by atoms with Crippen LogP contribution in [0.1, 0.15) is 72.3 Å². The number of carbonyl (C=O) groups excluding carboxylic acids is 5. The maximum Gasteiger partial charge on any atom is 0.419 e. The molecule has 0 bridgehead atoms. The molecule has 0 aromatic heterocycles. The maximum atomic E-state index is 15.0. The van der Waals surface area contributed by atoms with Crippen LogP contribution in [-0.2, 0) is 43.2 Å². The van der Waals surface area contributed by atoms with E-state index in [1.165, 1.54) is 18.2 Å². The lowest BCUT2D eigenvalue weighted by Crippen LogP contribution is -2.44. The van der Waals surface area contributed by atoms with E-state index in [9.17, 15) is 32.4 Å². The number of imide groups is 1. The summed E-state index contributed by atoms with van der Waals surface area (Å²) in [6.07, 6.45) is -1.99. The van der Waals surface area contributed by atoms with Crippen molar-refractivity contribution >= 4 is 45.6 Å². The van der Waals surface area contributed by atoms with Gasteiger partial charge in [0.25, 0.3) is 0 Å². The molecular weight excluding hydrogens is 641 g/mol. The molecule has 2 aliphatic rings. The number of rotatable bonds is 12. The Morgan fingerprint density at radius 3 is 2.36 bits per heavy atom. The van der Waals surface area contributed by atoms with Crippen molar-refractivity contribution in [2.24, 2.45) is 5.92 Å². The number of amides is 3. The molecule has 3 rings (SSSR count). The van der Waals surface area contributed by atoms with Crippen molar-refractivity contribution in [1.29, 1.82) is 0 Å². The normalized spacial score (nSPS) is 18.8. The summed E-state index contributed by atoms with van der Waals surface area (Å²) in [7, 11) is -3.11. The second kappa shape index (κ2) is 15.9. The van der Waals surface area contributed by atoms with Crippen molar-refractivity contribution in [3.63, 3.8) is 0 Å². The molecule has 2 atom stereocenters. The summed E-state index contributed by atoms with van der Waals surface area (Å²) in [6.45, 7) is 8.44. The Morgan fingerprint density at radius 1 is 1.13 bits per heavy atom. The highest BCUT2D eigenvalue weighted by atomic mass is 32.2. The van der Waals surface area contributed by atoms with Crippen LogP contribution in [0.5, 0.6) is 0 Å². The van der Waals surface area contributed by atoms with Crippen LogP contribution < -0.4 is 10.2 Å². The number of benzene rings is 1. The Kier molecular flexibility index (Phi) is 12.7. The second-order valence-electron chi connectivity index (χ2n) is 13.0. The number of halogens is 1. The van der Waals surface area contributed by atoms with Gasteiger partial charge in [-0.1, -0.05) is 19.9 Å². The zero-order chi connectivity index (χ0) is 35.1. The van der Waals surface area contributed by atoms with E-state index in [-0.39, 0.29) is 48.7 Å². The van der Waals surface area contributed by atoms with Crippen molar-refractivity contribution in [1.82, 2.24) is 10.2 Å². The summed E-state index contributed by atoms with van der Waals surface area (Å²) < 4.78 is 59.2. The molecule has 16 heteroatoms. The molecule has 2 saturated heterocycles. The molecule has 3 amide bonds. The predicted molar refractivity (Wildman–Crippen MR) is 167 cm³/mol. The van der Waals surface area contributed by atoms with Crippen molar-refractivity contribution in [3.8, 4) is 0 Å². The summed E-state index contributed by atoms with van der Waals surface area (Å²) in [5.74, 6) is -2.87. The second-order valence-corrected chi connectivity index (χ2v) is 15.3. The summed E-state index contributed by atoms with van der Waals surface area (Å²) in [4.78, 5) is 64.2. The highest BCUT2D eigenvalue weighted by Gasteiger charge is 2.37. The lowest BCUT2D eigenvalue weighted by molar-refractivity contribution is -0.157. The molecule has 1 aromatic carbocycles. The Labute approximate surface area is 274 Å². The lowest BCUT2D eigenvalue weighted by Gasteiger charge is -2.24. The van der Waals surface area contributed by atoms with Gasteiger partial charge in [0, 0.05) is 6.92 Å². The Morgan fingerprint density at radius 2 is 1.79 bits per heavy atom. The van der Waals surface area contributed by atoms with E-state index in [1.807, 2.05) is 13.8 Å². The Bertz CT molecular complexity index is 1430. The zero-order valence-corrected chi connectivity index (χ0v) is 28.4. The van der Waals surface area contributed by atoms with Crippen LogP contribution in [0.25, 0.3) is 0 Å². The number of carbonyl (C=O) groups is 5. The zero-order valence-electron chi connectivity index (χ0n) is 27.6. The van der Waals surface area contributed by atoms with Crippen LogP contribution in [0.15, 0.2) is 18.2 Å². The molecule has 0 aliphatic carbocycles. The van der Waals surface area contributed by atoms with E-state index in [4.69, 9.17) is 18.9 Å². The van der Waals surface area contributed by atoms with Gasteiger partial charge in [0.05, 0.1) is 36.8 Å². The third-order valence-electron chi connectivity index (χ3n) is 7.44. The summed E-state index contributed by atoms with van der Waals surface area (Å²) in [5, 5.41) is 2.80. The highest BCUT2D eigenvalue weighted by molar-refractivity contribution is 7.91. The number of esters is 2.